The van der Waals surface area contributed by atoms with Crippen LogP contribution in [0.3, 0.4) is 0 Å². The van der Waals surface area contributed by atoms with E-state index in [1.54, 1.807) is 10.7 Å². The Morgan fingerprint density at radius 3 is 2.72 bits per heavy atom. The second-order valence-electron chi connectivity index (χ2n) is 3.93. The lowest BCUT2D eigenvalue weighted by Crippen LogP contribution is -2.31. The zero-order valence-corrected chi connectivity index (χ0v) is 10.5. The first-order valence-corrected chi connectivity index (χ1v) is 5.86. The molecule has 5 heteroatoms. The minimum absolute atomic E-state index is 0.193. The molecule has 0 aliphatic rings. The predicted octanol–water partition coefficient (Wildman–Crippen LogP) is 1.97. The number of anilines is 1. The Bertz CT molecular complexity index is 533. The van der Waals surface area contributed by atoms with Crippen molar-refractivity contribution in [3.05, 3.63) is 47.8 Å². The summed E-state index contributed by atoms with van der Waals surface area (Å²) in [7, 11) is 0. The quantitative estimate of drug-likeness (QED) is 0.808. The number of aryl methyl sites for hydroxylation is 2. The third-order valence-electron chi connectivity index (χ3n) is 2.53. The Morgan fingerprint density at radius 2 is 2.06 bits per heavy atom. The lowest BCUT2D eigenvalue weighted by molar-refractivity contribution is 0.0952. The fraction of sp³-hybridized carbons (Fsp3) is 0.231. The lowest BCUT2D eigenvalue weighted by atomic mass is 10.3. The lowest BCUT2D eigenvalue weighted by Gasteiger charge is -2.08. The number of nitrogens with zero attached hydrogens (tertiary/aromatic N) is 2. The number of para-hydroxylation sites is 1. The van der Waals surface area contributed by atoms with Gasteiger partial charge in [0.25, 0.3) is 5.91 Å². The number of carbonyl (C=O) groups excluding carboxylic acids is 1. The summed E-state index contributed by atoms with van der Waals surface area (Å²) in [5, 5.41) is 4.23. The van der Waals surface area contributed by atoms with E-state index in [0.29, 0.717) is 12.2 Å². The minimum atomic E-state index is -0.193. The van der Waals surface area contributed by atoms with Crippen LogP contribution in [0.15, 0.2) is 36.4 Å². The number of benzene rings is 1. The van der Waals surface area contributed by atoms with Gasteiger partial charge in [0.05, 0.1) is 11.4 Å². The van der Waals surface area contributed by atoms with Crippen LogP contribution in [0.1, 0.15) is 23.1 Å². The van der Waals surface area contributed by atoms with E-state index in [1.807, 2.05) is 44.2 Å². The summed E-state index contributed by atoms with van der Waals surface area (Å²) in [5.41, 5.74) is 7.74. The monoisotopic (exact) mass is 244 g/mol. The maximum atomic E-state index is 12.0. The summed E-state index contributed by atoms with van der Waals surface area (Å²) in [6.45, 7) is 4.49. The van der Waals surface area contributed by atoms with Crippen LogP contribution in [0.4, 0.5) is 5.69 Å². The molecule has 0 saturated carbocycles. The van der Waals surface area contributed by atoms with Gasteiger partial charge in [0.1, 0.15) is 5.69 Å². The topological polar surface area (TPSA) is 59.0 Å². The number of aromatic nitrogens is 2. The Balaban J connectivity index is 2.04. The van der Waals surface area contributed by atoms with E-state index in [0.717, 1.165) is 11.4 Å². The number of amides is 1. The number of carbonyl (C=O) groups is 1. The highest BCUT2D eigenvalue weighted by Crippen LogP contribution is 2.05. The fourth-order valence-electron chi connectivity index (χ4n) is 1.68. The molecule has 18 heavy (non-hydrogen) atoms. The summed E-state index contributed by atoms with van der Waals surface area (Å²) in [6, 6.07) is 11.2. The van der Waals surface area contributed by atoms with Crippen LogP contribution >= 0.6 is 0 Å². The number of nitrogens with one attached hydrogen (secondary N) is 2. The van der Waals surface area contributed by atoms with Gasteiger partial charge in [0.2, 0.25) is 0 Å². The summed E-state index contributed by atoms with van der Waals surface area (Å²) >= 11 is 0. The molecule has 0 spiro atoms. The largest absolute Gasteiger partial charge is 0.298 e. The molecule has 0 radical (unpaired) electrons. The van der Waals surface area contributed by atoms with Crippen molar-refractivity contribution in [3.63, 3.8) is 0 Å². The van der Waals surface area contributed by atoms with Crippen LogP contribution in [0, 0.1) is 6.92 Å². The van der Waals surface area contributed by atoms with Crippen LogP contribution < -0.4 is 10.9 Å². The summed E-state index contributed by atoms with van der Waals surface area (Å²) in [6.07, 6.45) is 0. The highest BCUT2D eigenvalue weighted by Gasteiger charge is 2.12. The number of rotatable bonds is 4. The number of hydrogen-bond acceptors (Lipinski definition) is 3. The van der Waals surface area contributed by atoms with Gasteiger partial charge in [-0.1, -0.05) is 18.2 Å². The highest BCUT2D eigenvalue weighted by molar-refractivity contribution is 5.93. The molecule has 5 nitrogen and oxygen atoms in total. The van der Waals surface area contributed by atoms with E-state index in [1.165, 1.54) is 0 Å². The van der Waals surface area contributed by atoms with Gasteiger partial charge in [0.15, 0.2) is 0 Å². The molecular formula is C13H16N4O. The minimum Gasteiger partial charge on any atom is -0.298 e. The van der Waals surface area contributed by atoms with Gasteiger partial charge >= 0.3 is 0 Å². The molecule has 1 heterocycles. The van der Waals surface area contributed by atoms with Crippen molar-refractivity contribution in [2.75, 3.05) is 5.43 Å². The maximum Gasteiger partial charge on any atom is 0.287 e. The van der Waals surface area contributed by atoms with Gasteiger partial charge in [-0.25, -0.2) is 0 Å². The molecule has 0 atom stereocenters. The first-order valence-electron chi connectivity index (χ1n) is 5.86. The normalized spacial score (nSPS) is 10.1. The second-order valence-corrected chi connectivity index (χ2v) is 3.93. The Morgan fingerprint density at radius 1 is 1.33 bits per heavy atom. The third-order valence-corrected chi connectivity index (χ3v) is 2.53. The zero-order chi connectivity index (χ0) is 13.0. The molecule has 0 saturated heterocycles. The molecule has 1 aromatic heterocycles. The molecule has 2 aromatic rings. The van der Waals surface area contributed by atoms with Crippen LogP contribution in [0.25, 0.3) is 0 Å². The molecular weight excluding hydrogens is 228 g/mol. The summed E-state index contributed by atoms with van der Waals surface area (Å²) < 4.78 is 1.68. The maximum absolute atomic E-state index is 12.0. The third kappa shape index (κ3) is 2.68. The van der Waals surface area contributed by atoms with Crippen molar-refractivity contribution in [2.24, 2.45) is 0 Å². The standard InChI is InChI=1S/C13H16N4O/c1-3-17-12(9-10(2)16-17)13(18)15-14-11-7-5-4-6-8-11/h4-9,14H,3H2,1-2H3,(H,15,18). The molecule has 0 bridgehead atoms. The van der Waals surface area contributed by atoms with Crippen molar-refractivity contribution in [3.8, 4) is 0 Å². The fourth-order valence-corrected chi connectivity index (χ4v) is 1.68. The summed E-state index contributed by atoms with van der Waals surface area (Å²) in [5.74, 6) is -0.193. The van der Waals surface area contributed by atoms with E-state index in [-0.39, 0.29) is 5.91 Å². The van der Waals surface area contributed by atoms with Crippen molar-refractivity contribution in [1.82, 2.24) is 15.2 Å². The van der Waals surface area contributed by atoms with E-state index in [2.05, 4.69) is 16.0 Å². The van der Waals surface area contributed by atoms with E-state index < -0.39 is 0 Å². The smallest absolute Gasteiger partial charge is 0.287 e. The number of hydrazine groups is 1. The molecule has 0 aliphatic heterocycles. The second kappa shape index (κ2) is 5.35. The Labute approximate surface area is 106 Å². The molecule has 94 valence electrons. The molecule has 1 aromatic carbocycles. The molecule has 0 unspecified atom stereocenters. The first-order chi connectivity index (χ1) is 8.70. The Hall–Kier alpha value is -2.30. The van der Waals surface area contributed by atoms with Crippen molar-refractivity contribution < 1.29 is 4.79 Å². The van der Waals surface area contributed by atoms with Crippen molar-refractivity contribution in [2.45, 2.75) is 20.4 Å². The number of hydrogen-bond donors (Lipinski definition) is 2. The SMILES string of the molecule is CCn1nc(C)cc1C(=O)NNc1ccccc1. The predicted molar refractivity (Wildman–Crippen MR) is 70.2 cm³/mol. The van der Waals surface area contributed by atoms with Crippen molar-refractivity contribution in [1.29, 1.82) is 0 Å². The highest BCUT2D eigenvalue weighted by atomic mass is 16.2. The van der Waals surface area contributed by atoms with Crippen LogP contribution in [-0.2, 0) is 6.54 Å². The average Bonchev–Trinajstić information content (AvgIpc) is 2.78. The van der Waals surface area contributed by atoms with Gasteiger partial charge in [-0.15, -0.1) is 0 Å². The van der Waals surface area contributed by atoms with Gasteiger partial charge in [0, 0.05) is 6.54 Å². The van der Waals surface area contributed by atoms with Gasteiger partial charge in [-0.05, 0) is 32.0 Å². The molecule has 0 aliphatic carbocycles. The van der Waals surface area contributed by atoms with Crippen LogP contribution in [0.2, 0.25) is 0 Å². The van der Waals surface area contributed by atoms with Gasteiger partial charge in [-0.3, -0.25) is 20.3 Å². The first kappa shape index (κ1) is 12.2. The van der Waals surface area contributed by atoms with Crippen LogP contribution in [-0.4, -0.2) is 15.7 Å². The molecule has 1 amide bonds. The van der Waals surface area contributed by atoms with Gasteiger partial charge < -0.3 is 0 Å². The van der Waals surface area contributed by atoms with Crippen molar-refractivity contribution >= 4 is 11.6 Å². The van der Waals surface area contributed by atoms with E-state index >= 15 is 0 Å². The van der Waals surface area contributed by atoms with E-state index in [9.17, 15) is 4.79 Å². The average molecular weight is 244 g/mol. The molecule has 2 rings (SSSR count). The zero-order valence-electron chi connectivity index (χ0n) is 10.5. The summed E-state index contributed by atoms with van der Waals surface area (Å²) in [4.78, 5) is 12.0. The van der Waals surface area contributed by atoms with Gasteiger partial charge in [-0.2, -0.15) is 5.10 Å². The van der Waals surface area contributed by atoms with E-state index in [4.69, 9.17) is 0 Å². The Kier molecular flexibility index (Phi) is 3.62. The van der Waals surface area contributed by atoms with Crippen LogP contribution in [0.5, 0.6) is 0 Å². The molecule has 2 N–H and O–H groups in total. The molecule has 0 fully saturated rings.